The maximum atomic E-state index is 13.6. The number of aromatic nitrogens is 1. The summed E-state index contributed by atoms with van der Waals surface area (Å²) in [5, 5.41) is 0.420. The van der Waals surface area contributed by atoms with Gasteiger partial charge in [-0.05, 0) is 74.3 Å². The molecule has 158 valence electrons. The fourth-order valence-electron chi connectivity index (χ4n) is 4.31. The fourth-order valence-corrected chi connectivity index (χ4v) is 4.78. The molecule has 0 radical (unpaired) electrons. The van der Waals surface area contributed by atoms with Crippen LogP contribution in [0.3, 0.4) is 0 Å². The minimum absolute atomic E-state index is 0.0418. The summed E-state index contributed by atoms with van der Waals surface area (Å²) < 4.78 is 6.01. The Morgan fingerprint density at radius 2 is 1.81 bits per heavy atom. The third-order valence-electron chi connectivity index (χ3n) is 6.05. The molecule has 0 atom stereocenters. The quantitative estimate of drug-likeness (QED) is 0.379. The minimum atomic E-state index is -0.686. The number of rotatable bonds is 4. The number of aryl methyl sites for hydroxylation is 1. The standard InChI is InChI=1S/C25H20N4O2S/c1-17-14-19(16-27-22(17)26-2)28-23(30)25(12-7-13-25)29(24(28)32)18-8-6-11-21(15-18)31-20-9-4-3-5-10-20/h3-6,8-11,14-16H,7,12-13H2,1H3. The number of para-hydroxylation sites is 1. The van der Waals surface area contributed by atoms with E-state index < -0.39 is 5.54 Å². The molecule has 2 aromatic carbocycles. The van der Waals surface area contributed by atoms with Crippen molar-refractivity contribution in [3.05, 3.63) is 83.8 Å². The Bertz CT molecular complexity index is 1260. The van der Waals surface area contributed by atoms with Crippen LogP contribution in [-0.4, -0.2) is 21.5 Å². The predicted molar refractivity (Wildman–Crippen MR) is 127 cm³/mol. The molecule has 6 nitrogen and oxygen atoms in total. The highest BCUT2D eigenvalue weighted by atomic mass is 32.1. The van der Waals surface area contributed by atoms with Crippen LogP contribution in [0.25, 0.3) is 4.85 Å². The summed E-state index contributed by atoms with van der Waals surface area (Å²) >= 11 is 5.83. The molecule has 0 bridgehead atoms. The Balaban J connectivity index is 1.52. The smallest absolute Gasteiger partial charge is 0.272 e. The molecule has 7 heteroatoms. The Hall–Kier alpha value is -3.76. The topological polar surface area (TPSA) is 50.0 Å². The number of nitrogens with zero attached hydrogens (tertiary/aromatic N) is 4. The molecule has 1 aliphatic carbocycles. The van der Waals surface area contributed by atoms with Crippen LogP contribution in [0, 0.1) is 13.5 Å². The van der Waals surface area contributed by atoms with E-state index in [-0.39, 0.29) is 5.91 Å². The summed E-state index contributed by atoms with van der Waals surface area (Å²) in [6.07, 6.45) is 3.99. The van der Waals surface area contributed by atoms with Gasteiger partial charge in [-0.1, -0.05) is 30.8 Å². The highest BCUT2D eigenvalue weighted by Crippen LogP contribution is 2.48. The van der Waals surface area contributed by atoms with Crippen molar-refractivity contribution >= 4 is 40.4 Å². The molecule has 0 N–H and O–H groups in total. The second kappa shape index (κ2) is 7.74. The number of hydrogen-bond donors (Lipinski definition) is 0. The minimum Gasteiger partial charge on any atom is -0.457 e. The molecule has 2 heterocycles. The van der Waals surface area contributed by atoms with Gasteiger partial charge in [-0.2, -0.15) is 0 Å². The van der Waals surface area contributed by atoms with Crippen molar-refractivity contribution < 1.29 is 9.53 Å². The first-order chi connectivity index (χ1) is 15.5. The Labute approximate surface area is 191 Å². The summed E-state index contributed by atoms with van der Waals surface area (Å²) in [6.45, 7) is 9.04. The summed E-state index contributed by atoms with van der Waals surface area (Å²) in [7, 11) is 0. The zero-order valence-corrected chi connectivity index (χ0v) is 18.3. The van der Waals surface area contributed by atoms with Crippen molar-refractivity contribution in [2.24, 2.45) is 0 Å². The summed E-state index contributed by atoms with van der Waals surface area (Å²) in [6, 6.07) is 19.0. The maximum absolute atomic E-state index is 13.6. The Morgan fingerprint density at radius 1 is 1.06 bits per heavy atom. The summed E-state index contributed by atoms with van der Waals surface area (Å²) in [5.41, 5.74) is 1.44. The average molecular weight is 441 g/mol. The van der Waals surface area contributed by atoms with Gasteiger partial charge in [0.05, 0.1) is 5.69 Å². The van der Waals surface area contributed by atoms with E-state index in [2.05, 4.69) is 9.83 Å². The summed E-state index contributed by atoms with van der Waals surface area (Å²) in [4.78, 5) is 24.8. The van der Waals surface area contributed by atoms with Crippen LogP contribution < -0.4 is 14.5 Å². The number of carbonyl (C=O) groups is 1. The molecule has 1 saturated carbocycles. The van der Waals surface area contributed by atoms with Gasteiger partial charge in [0, 0.05) is 11.8 Å². The third kappa shape index (κ3) is 3.12. The van der Waals surface area contributed by atoms with E-state index in [0.717, 1.165) is 30.7 Å². The number of pyridine rings is 1. The molecular formula is C25H20N4O2S. The zero-order chi connectivity index (χ0) is 22.3. The van der Waals surface area contributed by atoms with Gasteiger partial charge in [0.15, 0.2) is 5.11 Å². The Kier molecular flexibility index (Phi) is 4.87. The first-order valence-electron chi connectivity index (χ1n) is 10.4. The molecule has 2 aliphatic rings. The van der Waals surface area contributed by atoms with Crippen LogP contribution in [0.15, 0.2) is 66.9 Å². The number of anilines is 2. The van der Waals surface area contributed by atoms with Gasteiger partial charge in [-0.3, -0.25) is 9.69 Å². The largest absolute Gasteiger partial charge is 0.457 e. The van der Waals surface area contributed by atoms with Crippen LogP contribution in [0.4, 0.5) is 17.2 Å². The van der Waals surface area contributed by atoms with E-state index in [4.69, 9.17) is 23.5 Å². The molecule has 3 aromatic rings. The molecule has 1 aromatic heterocycles. The molecule has 1 amide bonds. The number of amides is 1. The van der Waals surface area contributed by atoms with E-state index in [9.17, 15) is 4.79 Å². The second-order valence-electron chi connectivity index (χ2n) is 8.00. The first kappa shape index (κ1) is 20.2. The van der Waals surface area contributed by atoms with Crippen molar-refractivity contribution in [3.63, 3.8) is 0 Å². The molecule has 2 fully saturated rings. The van der Waals surface area contributed by atoms with Crippen LogP contribution in [-0.2, 0) is 4.79 Å². The van der Waals surface area contributed by atoms with Crippen LogP contribution in [0.2, 0.25) is 0 Å². The lowest BCUT2D eigenvalue weighted by molar-refractivity contribution is -0.123. The summed E-state index contributed by atoms with van der Waals surface area (Å²) in [5.74, 6) is 1.70. The van der Waals surface area contributed by atoms with Gasteiger partial charge in [-0.25, -0.2) is 0 Å². The Morgan fingerprint density at radius 3 is 2.47 bits per heavy atom. The zero-order valence-electron chi connectivity index (χ0n) is 17.5. The van der Waals surface area contributed by atoms with E-state index in [1.807, 2.05) is 66.4 Å². The molecule has 1 spiro atoms. The van der Waals surface area contributed by atoms with Crippen molar-refractivity contribution in [2.75, 3.05) is 9.80 Å². The van der Waals surface area contributed by atoms with Crippen molar-refractivity contribution in [2.45, 2.75) is 31.7 Å². The van der Waals surface area contributed by atoms with Crippen LogP contribution in [0.1, 0.15) is 24.8 Å². The molecule has 1 saturated heterocycles. The van der Waals surface area contributed by atoms with Crippen molar-refractivity contribution in [1.29, 1.82) is 0 Å². The second-order valence-corrected chi connectivity index (χ2v) is 8.37. The maximum Gasteiger partial charge on any atom is 0.272 e. The van der Waals surface area contributed by atoms with Gasteiger partial charge in [0.2, 0.25) is 0 Å². The van der Waals surface area contributed by atoms with Crippen LogP contribution in [0.5, 0.6) is 11.5 Å². The number of ether oxygens (including phenoxy) is 1. The average Bonchev–Trinajstić information content (AvgIpc) is 3.01. The molecule has 5 rings (SSSR count). The first-order valence-corrected chi connectivity index (χ1v) is 10.8. The van der Waals surface area contributed by atoms with E-state index in [1.165, 1.54) is 0 Å². The van der Waals surface area contributed by atoms with E-state index in [0.29, 0.717) is 27.9 Å². The number of hydrogen-bond acceptors (Lipinski definition) is 4. The number of thiocarbonyl (C=S) groups is 1. The monoisotopic (exact) mass is 440 g/mol. The van der Waals surface area contributed by atoms with Gasteiger partial charge in [-0.15, -0.1) is 4.98 Å². The van der Waals surface area contributed by atoms with Gasteiger partial charge in [0.1, 0.15) is 23.2 Å². The number of benzene rings is 2. The predicted octanol–water partition coefficient (Wildman–Crippen LogP) is 5.79. The molecular weight excluding hydrogens is 420 g/mol. The lowest BCUT2D eigenvalue weighted by Gasteiger charge is -2.43. The molecule has 1 aliphatic heterocycles. The SMILES string of the molecule is [C-]#[N+]c1ncc(N2C(=O)C3(CCC3)N(c3cccc(Oc4ccccc4)c3)C2=S)cc1C. The molecule has 32 heavy (non-hydrogen) atoms. The fraction of sp³-hybridized carbons (Fsp3) is 0.200. The third-order valence-corrected chi connectivity index (χ3v) is 6.41. The highest BCUT2D eigenvalue weighted by Gasteiger charge is 2.59. The van der Waals surface area contributed by atoms with Gasteiger partial charge < -0.3 is 14.5 Å². The van der Waals surface area contributed by atoms with Crippen molar-refractivity contribution in [1.82, 2.24) is 4.98 Å². The van der Waals surface area contributed by atoms with Gasteiger partial charge >= 0.3 is 0 Å². The normalized spacial score (nSPS) is 16.8. The molecule has 0 unspecified atom stereocenters. The van der Waals surface area contributed by atoms with E-state index >= 15 is 0 Å². The van der Waals surface area contributed by atoms with Crippen LogP contribution >= 0.6 is 12.2 Å². The van der Waals surface area contributed by atoms with Gasteiger partial charge in [0.25, 0.3) is 11.7 Å². The highest BCUT2D eigenvalue weighted by molar-refractivity contribution is 7.81. The lowest BCUT2D eigenvalue weighted by Crippen LogP contribution is -2.55. The van der Waals surface area contributed by atoms with Crippen molar-refractivity contribution in [3.8, 4) is 11.5 Å². The lowest BCUT2D eigenvalue weighted by atomic mass is 9.75. The number of carbonyl (C=O) groups excluding carboxylic acids is 1. The van der Waals surface area contributed by atoms with E-state index in [1.54, 1.807) is 17.2 Å².